The van der Waals surface area contributed by atoms with E-state index in [1.165, 1.54) is 32.1 Å². The van der Waals surface area contributed by atoms with Crippen molar-refractivity contribution in [2.24, 2.45) is 0 Å². The number of rotatable bonds is 0. The summed E-state index contributed by atoms with van der Waals surface area (Å²) in [7, 11) is 0. The third kappa shape index (κ3) is 3.85. The molecule has 0 aliphatic carbocycles. The van der Waals surface area contributed by atoms with Gasteiger partial charge >= 0.3 is 0 Å². The van der Waals surface area contributed by atoms with E-state index in [1.54, 1.807) is 6.73 Å². The molecule has 0 aromatic heterocycles. The molecule has 1 fully saturated rings. The number of nitrogens with one attached hydrogen (secondary N) is 1. The van der Waals surface area contributed by atoms with E-state index < -0.39 is 0 Å². The second-order valence-corrected chi connectivity index (χ2v) is 2.71. The summed E-state index contributed by atoms with van der Waals surface area (Å²) >= 11 is 0. The molecule has 0 spiro atoms. The monoisotopic (exact) mass is 142 g/mol. The molecule has 59 valence electrons. The van der Waals surface area contributed by atoms with E-state index in [2.05, 4.69) is 5.32 Å². The zero-order valence-corrected chi connectivity index (χ0v) is 6.44. The van der Waals surface area contributed by atoms with Crippen molar-refractivity contribution in [1.82, 2.24) is 5.32 Å². The Labute approximate surface area is 63.0 Å². The van der Waals surface area contributed by atoms with Crippen LogP contribution in [0.2, 0.25) is 0 Å². The zero-order chi connectivity index (χ0) is 7.07. The van der Waals surface area contributed by atoms with Crippen LogP contribution in [0.25, 0.3) is 0 Å². The minimum Gasteiger partial charge on any atom is -0.359 e. The van der Waals surface area contributed by atoms with Gasteiger partial charge in [0, 0.05) is 6.61 Å². The van der Waals surface area contributed by atoms with Crippen LogP contribution in [0.5, 0.6) is 0 Å². The third-order valence-corrected chi connectivity index (χ3v) is 1.75. The summed E-state index contributed by atoms with van der Waals surface area (Å²) in [6, 6.07) is 0. The van der Waals surface area contributed by atoms with Gasteiger partial charge in [-0.2, -0.15) is 0 Å². The predicted molar refractivity (Wildman–Crippen MR) is 41.3 cm³/mol. The normalized spacial score (nSPS) is 24.0. The van der Waals surface area contributed by atoms with Gasteiger partial charge in [0.2, 0.25) is 0 Å². The molecule has 1 rings (SSSR count). The summed E-state index contributed by atoms with van der Waals surface area (Å²) in [6.07, 6.45) is 6.54. The minimum absolute atomic E-state index is 0.882. The third-order valence-electron chi connectivity index (χ3n) is 1.75. The SMILES string of the molecule is [CH]1NCCCCCCCO1. The van der Waals surface area contributed by atoms with Crippen molar-refractivity contribution < 1.29 is 4.74 Å². The van der Waals surface area contributed by atoms with Crippen LogP contribution in [0.1, 0.15) is 32.1 Å². The quantitative estimate of drug-likeness (QED) is 0.555. The first-order valence-electron chi connectivity index (χ1n) is 4.17. The second kappa shape index (κ2) is 5.69. The Morgan fingerprint density at radius 3 is 2.80 bits per heavy atom. The van der Waals surface area contributed by atoms with E-state index in [-0.39, 0.29) is 0 Å². The van der Waals surface area contributed by atoms with Crippen LogP contribution in [0.15, 0.2) is 0 Å². The number of hydrogen-bond donors (Lipinski definition) is 1. The smallest absolute Gasteiger partial charge is 0.148 e. The molecule has 0 bridgehead atoms. The fraction of sp³-hybridized carbons (Fsp3) is 0.875. The molecular formula is C8H16NO. The first-order chi connectivity index (χ1) is 5.00. The van der Waals surface area contributed by atoms with E-state index >= 15 is 0 Å². The molecule has 0 amide bonds. The Balaban J connectivity index is 2.00. The Hall–Kier alpha value is -0.0800. The van der Waals surface area contributed by atoms with Gasteiger partial charge < -0.3 is 4.74 Å². The largest absolute Gasteiger partial charge is 0.359 e. The van der Waals surface area contributed by atoms with Crippen LogP contribution in [0.3, 0.4) is 0 Å². The van der Waals surface area contributed by atoms with Gasteiger partial charge in [-0.25, -0.2) is 0 Å². The minimum atomic E-state index is 0.882. The van der Waals surface area contributed by atoms with Crippen LogP contribution in [0.4, 0.5) is 0 Å². The van der Waals surface area contributed by atoms with Gasteiger partial charge in [-0.15, -0.1) is 0 Å². The van der Waals surface area contributed by atoms with Crippen LogP contribution >= 0.6 is 0 Å². The molecule has 2 nitrogen and oxygen atoms in total. The summed E-state index contributed by atoms with van der Waals surface area (Å²) in [6.45, 7) is 3.68. The van der Waals surface area contributed by atoms with Crippen molar-refractivity contribution in [3.05, 3.63) is 6.73 Å². The lowest BCUT2D eigenvalue weighted by Gasteiger charge is -2.08. The van der Waals surface area contributed by atoms with Crippen molar-refractivity contribution in [3.63, 3.8) is 0 Å². The maximum atomic E-state index is 5.17. The lowest BCUT2D eigenvalue weighted by molar-refractivity contribution is 0.170. The van der Waals surface area contributed by atoms with E-state index in [4.69, 9.17) is 4.74 Å². The van der Waals surface area contributed by atoms with E-state index in [0.717, 1.165) is 13.2 Å². The maximum Gasteiger partial charge on any atom is 0.148 e. The second-order valence-electron chi connectivity index (χ2n) is 2.71. The molecular weight excluding hydrogens is 126 g/mol. The topological polar surface area (TPSA) is 21.3 Å². The average Bonchev–Trinajstić information content (AvgIpc) is 2.01. The molecule has 0 aromatic carbocycles. The van der Waals surface area contributed by atoms with Crippen molar-refractivity contribution in [1.29, 1.82) is 0 Å². The Morgan fingerprint density at radius 1 is 1.00 bits per heavy atom. The molecule has 0 aromatic rings. The number of hydrogen-bond acceptors (Lipinski definition) is 2. The van der Waals surface area contributed by atoms with Crippen LogP contribution < -0.4 is 5.32 Å². The predicted octanol–water partition coefficient (Wildman–Crippen LogP) is 1.68. The molecule has 1 N–H and O–H groups in total. The average molecular weight is 142 g/mol. The van der Waals surface area contributed by atoms with Crippen molar-refractivity contribution >= 4 is 0 Å². The van der Waals surface area contributed by atoms with Gasteiger partial charge in [0.25, 0.3) is 0 Å². The molecule has 1 saturated heterocycles. The van der Waals surface area contributed by atoms with E-state index in [0.29, 0.717) is 0 Å². The van der Waals surface area contributed by atoms with Crippen molar-refractivity contribution in [2.45, 2.75) is 32.1 Å². The summed E-state index contributed by atoms with van der Waals surface area (Å²) < 4.78 is 5.17. The molecule has 10 heavy (non-hydrogen) atoms. The summed E-state index contributed by atoms with van der Waals surface area (Å²) in [5, 5.41) is 3.11. The fourth-order valence-corrected chi connectivity index (χ4v) is 1.12. The Morgan fingerprint density at radius 2 is 1.80 bits per heavy atom. The van der Waals surface area contributed by atoms with E-state index in [9.17, 15) is 0 Å². The molecule has 2 heteroatoms. The van der Waals surface area contributed by atoms with Gasteiger partial charge in [-0.05, 0) is 19.4 Å². The van der Waals surface area contributed by atoms with Crippen LogP contribution in [-0.2, 0) is 4.74 Å². The zero-order valence-electron chi connectivity index (χ0n) is 6.44. The highest BCUT2D eigenvalue weighted by molar-refractivity contribution is 4.54. The molecule has 1 aliphatic rings. The molecule has 1 aliphatic heterocycles. The lowest BCUT2D eigenvalue weighted by atomic mass is 10.1. The molecule has 0 atom stereocenters. The first-order valence-corrected chi connectivity index (χ1v) is 4.17. The van der Waals surface area contributed by atoms with E-state index in [1.807, 2.05) is 0 Å². The summed E-state index contributed by atoms with van der Waals surface area (Å²) in [5.74, 6) is 0. The van der Waals surface area contributed by atoms with Gasteiger partial charge in [0.15, 0.2) is 0 Å². The van der Waals surface area contributed by atoms with Crippen molar-refractivity contribution in [2.75, 3.05) is 13.2 Å². The van der Waals surface area contributed by atoms with Gasteiger partial charge in [-0.3, -0.25) is 5.32 Å². The lowest BCUT2D eigenvalue weighted by Crippen LogP contribution is -2.15. The van der Waals surface area contributed by atoms with Crippen molar-refractivity contribution in [3.8, 4) is 0 Å². The van der Waals surface area contributed by atoms with Gasteiger partial charge in [0.05, 0.1) is 0 Å². The fourth-order valence-electron chi connectivity index (χ4n) is 1.12. The highest BCUT2D eigenvalue weighted by atomic mass is 16.5. The highest BCUT2D eigenvalue weighted by Gasteiger charge is 1.95. The number of ether oxygens (including phenoxy) is 1. The molecule has 0 saturated carbocycles. The Kier molecular flexibility index (Phi) is 4.56. The van der Waals surface area contributed by atoms with Gasteiger partial charge in [-0.1, -0.05) is 19.3 Å². The summed E-state index contributed by atoms with van der Waals surface area (Å²) in [5.41, 5.74) is 0. The first kappa shape index (κ1) is 8.02. The van der Waals surface area contributed by atoms with Gasteiger partial charge in [0.1, 0.15) is 6.73 Å². The highest BCUT2D eigenvalue weighted by Crippen LogP contribution is 2.04. The molecule has 1 heterocycles. The standard InChI is InChI=1S/C8H16NO/c1-2-4-6-9-8-10-7-5-3-1/h8-9H,1-7H2. The van der Waals surface area contributed by atoms with Crippen LogP contribution in [-0.4, -0.2) is 13.2 Å². The van der Waals surface area contributed by atoms with Crippen LogP contribution in [0, 0.1) is 6.73 Å². The maximum absolute atomic E-state index is 5.17. The Bertz CT molecular complexity index is 42.4. The molecule has 0 unspecified atom stereocenters. The molecule has 1 radical (unpaired) electrons. The summed E-state index contributed by atoms with van der Waals surface area (Å²) in [4.78, 5) is 0.